The lowest BCUT2D eigenvalue weighted by Gasteiger charge is -2.30. The van der Waals surface area contributed by atoms with Crippen LogP contribution in [-0.2, 0) is 4.79 Å². The van der Waals surface area contributed by atoms with Gasteiger partial charge in [-0.15, -0.1) is 35.7 Å². The molecule has 0 aliphatic carbocycles. The Balaban J connectivity index is 0.00000363. The molecule has 0 aromatic heterocycles. The van der Waals surface area contributed by atoms with Crippen LogP contribution in [0.25, 0.3) is 0 Å². The summed E-state index contributed by atoms with van der Waals surface area (Å²) in [5.74, 6) is 0.968. The van der Waals surface area contributed by atoms with Gasteiger partial charge in [0.1, 0.15) is 15.9 Å². The Morgan fingerprint density at radius 1 is 0.812 bits per heavy atom. The maximum Gasteiger partial charge on any atom is 0.232 e. The highest BCUT2D eigenvalue weighted by Crippen LogP contribution is 2.61. The molecule has 3 aromatic rings. The number of hydrogen-bond donors (Lipinski definition) is 1. The quantitative estimate of drug-likeness (QED) is 0.264. The number of halogens is 1. The van der Waals surface area contributed by atoms with Gasteiger partial charge >= 0.3 is 0 Å². The first-order chi connectivity index (χ1) is 14.9. The summed E-state index contributed by atoms with van der Waals surface area (Å²) < 4.78 is 0. The Morgan fingerprint density at radius 2 is 1.19 bits per heavy atom. The van der Waals surface area contributed by atoms with Gasteiger partial charge in [-0.3, -0.25) is 10.1 Å². The lowest BCUT2D eigenvalue weighted by molar-refractivity contribution is -0.127. The van der Waals surface area contributed by atoms with Crippen LogP contribution in [0.5, 0.6) is 0 Å². The van der Waals surface area contributed by atoms with Crippen LogP contribution in [0.3, 0.4) is 0 Å². The molecule has 0 spiro atoms. The number of rotatable bonds is 7. The zero-order chi connectivity index (χ0) is 22.3. The van der Waals surface area contributed by atoms with Crippen LogP contribution in [0.1, 0.15) is 27.7 Å². The summed E-state index contributed by atoms with van der Waals surface area (Å²) in [5.41, 5.74) is 0.498. The first-order valence-corrected chi connectivity index (χ1v) is 13.4. The van der Waals surface area contributed by atoms with Crippen molar-refractivity contribution in [1.82, 2.24) is 5.32 Å². The highest BCUT2D eigenvalue weighted by atomic mass is 127. The third-order valence-electron chi connectivity index (χ3n) is 5.08. The van der Waals surface area contributed by atoms with Crippen LogP contribution >= 0.6 is 43.0 Å². The summed E-state index contributed by atoms with van der Waals surface area (Å²) in [7, 11) is -2.31. The van der Waals surface area contributed by atoms with E-state index in [1.165, 1.54) is 15.9 Å². The molecular weight excluding hydrogens is 544 g/mol. The molecule has 1 N–H and O–H groups in total. The minimum absolute atomic E-state index is 0. The van der Waals surface area contributed by atoms with Crippen LogP contribution in [0.4, 0.5) is 0 Å². The van der Waals surface area contributed by atoms with Crippen molar-refractivity contribution in [2.24, 2.45) is 5.41 Å². The van der Waals surface area contributed by atoms with E-state index in [4.69, 9.17) is 0 Å². The average molecular weight is 577 g/mol. The number of amides is 1. The first-order valence-electron chi connectivity index (χ1n) is 10.6. The van der Waals surface area contributed by atoms with Gasteiger partial charge in [-0.2, -0.15) is 0 Å². The molecule has 2 nitrogen and oxygen atoms in total. The van der Waals surface area contributed by atoms with Crippen molar-refractivity contribution in [3.05, 3.63) is 102 Å². The molecule has 0 saturated heterocycles. The average Bonchev–Trinajstić information content (AvgIpc) is 2.79. The number of thioether (sulfide) groups is 1. The Bertz CT molecular complexity index is 921. The van der Waals surface area contributed by atoms with Crippen molar-refractivity contribution in [2.45, 2.75) is 27.7 Å². The van der Waals surface area contributed by atoms with E-state index in [1.54, 1.807) is 11.8 Å². The van der Waals surface area contributed by atoms with E-state index in [-0.39, 0.29) is 29.9 Å². The van der Waals surface area contributed by atoms with Crippen LogP contribution in [0.15, 0.2) is 102 Å². The summed E-state index contributed by atoms with van der Waals surface area (Å²) >= 11 is 1.73. The predicted octanol–water partition coefficient (Wildman–Crippen LogP) is 6.31. The van der Waals surface area contributed by atoms with Gasteiger partial charge in [0.25, 0.3) is 0 Å². The van der Waals surface area contributed by atoms with Crippen molar-refractivity contribution < 1.29 is 4.79 Å². The molecule has 0 aliphatic rings. The predicted molar refractivity (Wildman–Crippen MR) is 154 cm³/mol. The van der Waals surface area contributed by atoms with E-state index in [0.717, 1.165) is 11.2 Å². The molecule has 0 aliphatic heterocycles. The molecule has 3 aromatic carbocycles. The molecule has 0 atom stereocenters. The SMILES string of the molecule is CCS/C=C(\NC(=O)C(C)(C)C)[P+](c1ccccc1)(c1ccccc1)c1ccccc1.I. The number of nitrogens with one attached hydrogen (secondary N) is 1. The topological polar surface area (TPSA) is 29.1 Å². The lowest BCUT2D eigenvalue weighted by Crippen LogP contribution is -2.41. The highest BCUT2D eigenvalue weighted by molar-refractivity contribution is 14.0. The van der Waals surface area contributed by atoms with Gasteiger partial charge < -0.3 is 0 Å². The van der Waals surface area contributed by atoms with Crippen LogP contribution in [0.2, 0.25) is 0 Å². The van der Waals surface area contributed by atoms with Crippen molar-refractivity contribution in [3.63, 3.8) is 0 Å². The lowest BCUT2D eigenvalue weighted by atomic mass is 9.96. The normalized spacial score (nSPS) is 12.1. The van der Waals surface area contributed by atoms with E-state index in [1.807, 2.05) is 39.0 Å². The zero-order valence-corrected chi connectivity index (χ0v) is 23.2. The maximum absolute atomic E-state index is 13.2. The van der Waals surface area contributed by atoms with Crippen molar-refractivity contribution in [2.75, 3.05) is 5.75 Å². The molecular formula is C27H32INOPS+. The molecule has 5 heteroatoms. The molecule has 0 radical (unpaired) electrons. The van der Waals surface area contributed by atoms with Gasteiger partial charge in [-0.1, -0.05) is 82.3 Å². The van der Waals surface area contributed by atoms with Gasteiger partial charge in [-0.05, 0) is 42.2 Å². The van der Waals surface area contributed by atoms with Gasteiger partial charge in [0.15, 0.2) is 12.7 Å². The van der Waals surface area contributed by atoms with E-state index < -0.39 is 12.7 Å². The van der Waals surface area contributed by atoms with E-state index in [9.17, 15) is 4.79 Å². The molecule has 3 rings (SSSR count). The third kappa shape index (κ3) is 5.84. The van der Waals surface area contributed by atoms with E-state index >= 15 is 0 Å². The van der Waals surface area contributed by atoms with Gasteiger partial charge in [0, 0.05) is 10.8 Å². The summed E-state index contributed by atoms with van der Waals surface area (Å²) in [4.78, 5) is 13.2. The van der Waals surface area contributed by atoms with E-state index in [2.05, 4.69) is 90.4 Å². The van der Waals surface area contributed by atoms with Gasteiger partial charge in [0.05, 0.1) is 0 Å². The first kappa shape index (κ1) is 26.6. The molecule has 0 fully saturated rings. The second-order valence-electron chi connectivity index (χ2n) is 8.34. The van der Waals surface area contributed by atoms with Crippen molar-refractivity contribution >= 4 is 64.8 Å². The second-order valence-corrected chi connectivity index (χ2v) is 12.9. The largest absolute Gasteiger partial charge is 0.295 e. The van der Waals surface area contributed by atoms with Crippen molar-refractivity contribution in [3.8, 4) is 0 Å². The molecule has 0 heterocycles. The second kappa shape index (κ2) is 12.0. The molecule has 168 valence electrons. The Labute approximate surface area is 214 Å². The van der Waals surface area contributed by atoms with Crippen LogP contribution in [-0.4, -0.2) is 11.7 Å². The fourth-order valence-electron chi connectivity index (χ4n) is 3.48. The number of benzene rings is 3. The molecule has 1 amide bonds. The highest BCUT2D eigenvalue weighted by Gasteiger charge is 2.51. The fourth-order valence-corrected chi connectivity index (χ4v) is 8.57. The summed E-state index contributed by atoms with van der Waals surface area (Å²) in [6.45, 7) is 8.01. The minimum Gasteiger partial charge on any atom is -0.295 e. The van der Waals surface area contributed by atoms with Crippen LogP contribution < -0.4 is 21.2 Å². The molecule has 0 unspecified atom stereocenters. The Morgan fingerprint density at radius 3 is 1.50 bits per heavy atom. The smallest absolute Gasteiger partial charge is 0.232 e. The molecule has 32 heavy (non-hydrogen) atoms. The van der Waals surface area contributed by atoms with Gasteiger partial charge in [-0.25, -0.2) is 0 Å². The number of hydrogen-bond acceptors (Lipinski definition) is 2. The summed E-state index contributed by atoms with van der Waals surface area (Å²) in [6, 6.07) is 31.9. The number of carbonyl (C=O) groups excluding carboxylic acids is 1. The monoisotopic (exact) mass is 576 g/mol. The number of carbonyl (C=O) groups is 1. The Kier molecular flexibility index (Phi) is 10.00. The minimum atomic E-state index is -2.31. The maximum atomic E-state index is 13.2. The fraction of sp³-hybridized carbons (Fsp3) is 0.222. The van der Waals surface area contributed by atoms with Crippen LogP contribution in [0, 0.1) is 5.41 Å². The molecule has 0 bridgehead atoms. The molecule has 0 saturated carbocycles. The standard InChI is InChI=1S/C27H30NOPS.HI/c1-5-31-21-25(28-26(29)27(2,3)4)30(22-15-9-6-10-16-22,23-17-11-7-12-18-23)24-19-13-8-14-20-24;/h6-21H,5H2,1-4H3;1H/p+1/b25-21+;. The van der Waals surface area contributed by atoms with Gasteiger partial charge in [0.2, 0.25) is 5.91 Å². The summed E-state index contributed by atoms with van der Waals surface area (Å²) in [5, 5.41) is 9.23. The zero-order valence-electron chi connectivity index (χ0n) is 19.1. The van der Waals surface area contributed by atoms with E-state index in [0.29, 0.717) is 0 Å². The third-order valence-corrected chi connectivity index (χ3v) is 10.2. The Hall–Kier alpha value is -1.62. The summed E-state index contributed by atoms with van der Waals surface area (Å²) in [6.07, 6.45) is 0. The van der Waals surface area contributed by atoms with Crippen molar-refractivity contribution in [1.29, 1.82) is 0 Å².